The van der Waals surface area contributed by atoms with Crippen molar-refractivity contribution in [1.82, 2.24) is 10.2 Å². The van der Waals surface area contributed by atoms with E-state index in [1.807, 2.05) is 0 Å². The fourth-order valence-electron chi connectivity index (χ4n) is 2.74. The van der Waals surface area contributed by atoms with E-state index in [1.54, 1.807) is 0 Å². The summed E-state index contributed by atoms with van der Waals surface area (Å²) in [5.41, 5.74) is 5.02. The topological polar surface area (TPSA) is 113 Å². The van der Waals surface area contributed by atoms with Crippen LogP contribution in [0.25, 0.3) is 0 Å². The Hall–Kier alpha value is -1.79. The van der Waals surface area contributed by atoms with Gasteiger partial charge in [0.05, 0.1) is 0 Å². The molecule has 0 aromatic heterocycles. The third kappa shape index (κ3) is 6.46. The number of rotatable bonds is 7. The summed E-state index contributed by atoms with van der Waals surface area (Å²) in [6.07, 6.45) is 5.71. The van der Waals surface area contributed by atoms with E-state index in [4.69, 9.17) is 10.8 Å². The molecular weight excluding hydrogens is 274 g/mol. The van der Waals surface area contributed by atoms with Crippen LogP contribution in [-0.2, 0) is 9.59 Å². The van der Waals surface area contributed by atoms with Gasteiger partial charge in [0.2, 0.25) is 5.91 Å². The number of carbonyl (C=O) groups excluding carboxylic acids is 2. The van der Waals surface area contributed by atoms with E-state index in [0.717, 1.165) is 23.7 Å². The first-order valence-electron chi connectivity index (χ1n) is 7.45. The van der Waals surface area contributed by atoms with Crippen LogP contribution < -0.4 is 11.1 Å². The summed E-state index contributed by atoms with van der Waals surface area (Å²) in [4.78, 5) is 34.4. The smallest absolute Gasteiger partial charge is 0.323 e. The molecule has 7 nitrogen and oxygen atoms in total. The van der Waals surface area contributed by atoms with Gasteiger partial charge in [0, 0.05) is 6.54 Å². The highest BCUT2D eigenvalue weighted by atomic mass is 16.4. The highest BCUT2D eigenvalue weighted by molar-refractivity contribution is 5.85. The second-order valence-electron chi connectivity index (χ2n) is 5.70. The minimum Gasteiger partial charge on any atom is -0.480 e. The number of carboxylic acid groups (broad SMARTS) is 1. The molecular formula is C14H25N3O4. The monoisotopic (exact) mass is 299 g/mol. The first kappa shape index (κ1) is 17.3. The largest absolute Gasteiger partial charge is 0.480 e. The van der Waals surface area contributed by atoms with Gasteiger partial charge in [-0.15, -0.1) is 0 Å². The molecule has 0 atom stereocenters. The number of nitrogens with zero attached hydrogens (tertiary/aromatic N) is 1. The third-order valence-electron chi connectivity index (χ3n) is 4.05. The van der Waals surface area contributed by atoms with Crippen LogP contribution in [0.3, 0.4) is 0 Å². The van der Waals surface area contributed by atoms with Gasteiger partial charge in [0.1, 0.15) is 13.1 Å². The molecule has 0 radical (unpaired) electrons. The molecule has 0 bridgehead atoms. The second kappa shape index (κ2) is 8.49. The number of aliphatic carboxylic acids is 1. The Morgan fingerprint density at radius 3 is 2.19 bits per heavy atom. The number of amides is 3. The van der Waals surface area contributed by atoms with Crippen molar-refractivity contribution in [2.45, 2.75) is 39.0 Å². The first-order valence-corrected chi connectivity index (χ1v) is 7.45. The van der Waals surface area contributed by atoms with Crippen LogP contribution >= 0.6 is 0 Å². The van der Waals surface area contributed by atoms with Gasteiger partial charge in [-0.25, -0.2) is 4.79 Å². The van der Waals surface area contributed by atoms with Crippen LogP contribution in [0.4, 0.5) is 4.79 Å². The first-order chi connectivity index (χ1) is 9.92. The Morgan fingerprint density at radius 1 is 1.14 bits per heavy atom. The summed E-state index contributed by atoms with van der Waals surface area (Å²) in [6, 6.07) is -0.547. The molecule has 0 aliphatic heterocycles. The molecule has 4 N–H and O–H groups in total. The Kier molecular flexibility index (Phi) is 6.98. The summed E-state index contributed by atoms with van der Waals surface area (Å²) < 4.78 is 0. The number of nitrogens with two attached hydrogens (primary N) is 1. The van der Waals surface area contributed by atoms with E-state index in [-0.39, 0.29) is 6.54 Å². The highest BCUT2D eigenvalue weighted by Crippen LogP contribution is 2.30. The quantitative estimate of drug-likeness (QED) is 0.644. The minimum absolute atomic E-state index is 0.388. The van der Waals surface area contributed by atoms with Gasteiger partial charge in [0.15, 0.2) is 0 Å². The van der Waals surface area contributed by atoms with Gasteiger partial charge in [0.25, 0.3) is 0 Å². The molecule has 1 fully saturated rings. The van der Waals surface area contributed by atoms with Crippen molar-refractivity contribution >= 4 is 17.9 Å². The molecule has 7 heteroatoms. The SMILES string of the molecule is CCC1CCC(CNC(=O)N(CC(N)=O)CC(=O)O)CC1. The van der Waals surface area contributed by atoms with Gasteiger partial charge >= 0.3 is 12.0 Å². The van der Waals surface area contributed by atoms with Crippen LogP contribution in [0.1, 0.15) is 39.0 Å². The number of hydrogen-bond acceptors (Lipinski definition) is 3. The molecule has 120 valence electrons. The number of hydrogen-bond donors (Lipinski definition) is 3. The zero-order valence-corrected chi connectivity index (χ0v) is 12.5. The molecule has 0 heterocycles. The zero-order chi connectivity index (χ0) is 15.8. The van der Waals surface area contributed by atoms with E-state index in [9.17, 15) is 14.4 Å². The van der Waals surface area contributed by atoms with Crippen molar-refractivity contribution in [2.75, 3.05) is 19.6 Å². The molecule has 0 unspecified atom stereocenters. The van der Waals surface area contributed by atoms with Gasteiger partial charge in [-0.1, -0.05) is 26.2 Å². The van der Waals surface area contributed by atoms with E-state index in [1.165, 1.54) is 19.3 Å². The maximum Gasteiger partial charge on any atom is 0.323 e. The number of carboxylic acids is 1. The normalized spacial score (nSPS) is 21.6. The number of nitrogens with one attached hydrogen (secondary N) is 1. The molecule has 1 aliphatic rings. The molecule has 1 aliphatic carbocycles. The van der Waals surface area contributed by atoms with Crippen LogP contribution in [0.5, 0.6) is 0 Å². The van der Waals surface area contributed by atoms with Gasteiger partial charge < -0.3 is 21.1 Å². The Balaban J connectivity index is 2.39. The van der Waals surface area contributed by atoms with Crippen LogP contribution in [0, 0.1) is 11.8 Å². The predicted octanol–water partition coefficient (Wildman–Crippen LogP) is 0.784. The third-order valence-corrected chi connectivity index (χ3v) is 4.05. The lowest BCUT2D eigenvalue weighted by atomic mass is 9.81. The van der Waals surface area contributed by atoms with Gasteiger partial charge in [-0.2, -0.15) is 0 Å². The van der Waals surface area contributed by atoms with Crippen molar-refractivity contribution < 1.29 is 19.5 Å². The van der Waals surface area contributed by atoms with Crippen molar-refractivity contribution in [1.29, 1.82) is 0 Å². The lowest BCUT2D eigenvalue weighted by Crippen LogP contribution is -2.47. The molecule has 0 saturated heterocycles. The van der Waals surface area contributed by atoms with Gasteiger partial charge in [-0.05, 0) is 24.7 Å². The summed E-state index contributed by atoms with van der Waals surface area (Å²) in [6.45, 7) is 1.79. The average molecular weight is 299 g/mol. The Morgan fingerprint density at radius 2 is 1.71 bits per heavy atom. The molecule has 0 spiro atoms. The molecule has 21 heavy (non-hydrogen) atoms. The van der Waals surface area contributed by atoms with Crippen LogP contribution in [0.15, 0.2) is 0 Å². The number of primary amides is 1. The zero-order valence-electron chi connectivity index (χ0n) is 12.5. The van der Waals surface area contributed by atoms with Gasteiger partial charge in [-0.3, -0.25) is 9.59 Å². The average Bonchev–Trinajstić information content (AvgIpc) is 2.43. The lowest BCUT2D eigenvalue weighted by Gasteiger charge is -2.28. The fourth-order valence-corrected chi connectivity index (χ4v) is 2.74. The predicted molar refractivity (Wildman–Crippen MR) is 77.5 cm³/mol. The summed E-state index contributed by atoms with van der Waals surface area (Å²) in [5, 5.41) is 11.5. The van der Waals surface area contributed by atoms with Crippen molar-refractivity contribution in [3.05, 3.63) is 0 Å². The van der Waals surface area contributed by atoms with E-state index in [0.29, 0.717) is 12.5 Å². The maximum atomic E-state index is 11.9. The molecule has 1 rings (SSSR count). The van der Waals surface area contributed by atoms with Crippen molar-refractivity contribution in [3.8, 4) is 0 Å². The lowest BCUT2D eigenvalue weighted by molar-refractivity contribution is -0.137. The summed E-state index contributed by atoms with van der Waals surface area (Å²) >= 11 is 0. The maximum absolute atomic E-state index is 11.9. The molecule has 0 aromatic rings. The fraction of sp³-hybridized carbons (Fsp3) is 0.786. The number of urea groups is 1. The highest BCUT2D eigenvalue weighted by Gasteiger charge is 2.23. The Bertz CT molecular complexity index is 362. The Labute approximate surface area is 124 Å². The minimum atomic E-state index is -1.17. The molecule has 3 amide bonds. The summed E-state index contributed by atoms with van der Waals surface area (Å²) in [7, 11) is 0. The standard InChI is InChI=1S/C14H25N3O4/c1-2-10-3-5-11(6-4-10)7-16-14(21)17(8-12(15)18)9-13(19)20/h10-11H,2-9H2,1H3,(H2,15,18)(H,16,21)(H,19,20). The van der Waals surface area contributed by atoms with Crippen molar-refractivity contribution in [2.24, 2.45) is 17.6 Å². The van der Waals surface area contributed by atoms with E-state index < -0.39 is 24.5 Å². The second-order valence-corrected chi connectivity index (χ2v) is 5.70. The summed E-state index contributed by atoms with van der Waals surface area (Å²) in [5.74, 6) is -0.683. The van der Waals surface area contributed by atoms with Crippen LogP contribution in [0.2, 0.25) is 0 Å². The molecule has 0 aromatic carbocycles. The number of carbonyl (C=O) groups is 3. The van der Waals surface area contributed by atoms with Crippen molar-refractivity contribution in [3.63, 3.8) is 0 Å². The van der Waals surface area contributed by atoms with E-state index in [2.05, 4.69) is 12.2 Å². The van der Waals surface area contributed by atoms with E-state index >= 15 is 0 Å². The van der Waals surface area contributed by atoms with Crippen LogP contribution in [-0.4, -0.2) is 47.5 Å². The molecule has 1 saturated carbocycles.